The Bertz CT molecular complexity index is 1170. The summed E-state index contributed by atoms with van der Waals surface area (Å²) in [6.07, 6.45) is -8.63. The summed E-state index contributed by atoms with van der Waals surface area (Å²) in [6.45, 7) is 0. The van der Waals surface area contributed by atoms with Gasteiger partial charge in [-0.15, -0.1) is 0 Å². The summed E-state index contributed by atoms with van der Waals surface area (Å²) in [5.74, 6) is -1.05. The number of aromatic nitrogens is 2. The Balaban J connectivity index is 1.67. The maximum Gasteiger partial charge on any atom is 0.416 e. The van der Waals surface area contributed by atoms with Crippen molar-refractivity contribution in [2.75, 3.05) is 10.6 Å². The van der Waals surface area contributed by atoms with E-state index in [9.17, 15) is 31.1 Å². The molecule has 174 valence electrons. The van der Waals surface area contributed by atoms with Gasteiger partial charge >= 0.3 is 12.4 Å². The maximum absolute atomic E-state index is 13.8. The Hall–Kier alpha value is -3.02. The molecule has 0 aliphatic carbocycles. The molecule has 1 aromatic heterocycles. The number of amides is 1. The monoisotopic (exact) mass is 532 g/mol. The van der Waals surface area contributed by atoms with Crippen LogP contribution in [0, 0.1) is 0 Å². The molecular weight excluding hydrogens is 518 g/mol. The fourth-order valence-corrected chi connectivity index (χ4v) is 3.88. The summed E-state index contributed by atoms with van der Waals surface area (Å²) < 4.78 is 81.6. The number of hydrogen-bond acceptors (Lipinski definition) is 3. The van der Waals surface area contributed by atoms with Crippen molar-refractivity contribution in [3.05, 3.63) is 75.9 Å². The maximum atomic E-state index is 13.8. The number of fused-ring (bicyclic) bond motifs is 1. The molecule has 2 unspecified atom stereocenters. The number of carbonyl (C=O) groups excluding carboxylic acids is 1. The molecule has 1 aliphatic rings. The van der Waals surface area contributed by atoms with Crippen LogP contribution in [0.3, 0.4) is 0 Å². The van der Waals surface area contributed by atoms with Crippen LogP contribution in [0.15, 0.2) is 59.2 Å². The number of benzene rings is 2. The summed E-state index contributed by atoms with van der Waals surface area (Å²) in [7, 11) is 0. The Morgan fingerprint density at radius 1 is 1.09 bits per heavy atom. The van der Waals surface area contributed by atoms with Gasteiger partial charge in [0.1, 0.15) is 11.4 Å². The minimum absolute atomic E-state index is 0.151. The van der Waals surface area contributed by atoms with Gasteiger partial charge in [-0.1, -0.05) is 34.1 Å². The second-order valence-electron chi connectivity index (χ2n) is 7.43. The van der Waals surface area contributed by atoms with Crippen LogP contribution in [-0.4, -0.2) is 21.9 Å². The molecule has 2 aromatic carbocycles. The zero-order valence-electron chi connectivity index (χ0n) is 16.5. The number of alkyl halides is 6. The lowest BCUT2D eigenvalue weighted by molar-refractivity contribution is -0.173. The van der Waals surface area contributed by atoms with Crippen LogP contribution in [0.2, 0.25) is 0 Å². The van der Waals surface area contributed by atoms with Gasteiger partial charge in [-0.05, 0) is 35.9 Å². The molecule has 2 N–H and O–H groups in total. The van der Waals surface area contributed by atoms with Crippen molar-refractivity contribution in [2.24, 2.45) is 0 Å². The summed E-state index contributed by atoms with van der Waals surface area (Å²) in [5, 5.41) is 8.99. The van der Waals surface area contributed by atoms with Crippen molar-refractivity contribution in [2.45, 2.75) is 30.9 Å². The quantitative estimate of drug-likeness (QED) is 0.375. The third kappa shape index (κ3) is 4.85. The number of carbonyl (C=O) groups is 1. The van der Waals surface area contributed by atoms with Crippen LogP contribution in [0.4, 0.5) is 37.8 Å². The van der Waals surface area contributed by atoms with Gasteiger partial charge < -0.3 is 10.6 Å². The van der Waals surface area contributed by atoms with Crippen molar-refractivity contribution >= 4 is 33.3 Å². The first-order valence-electron chi connectivity index (χ1n) is 9.58. The lowest BCUT2D eigenvalue weighted by Gasteiger charge is -2.34. The van der Waals surface area contributed by atoms with Crippen molar-refractivity contribution in [3.63, 3.8) is 0 Å². The van der Waals surface area contributed by atoms with Gasteiger partial charge in [0, 0.05) is 16.6 Å². The van der Waals surface area contributed by atoms with E-state index in [-0.39, 0.29) is 23.5 Å². The molecule has 2 heterocycles. The Morgan fingerprint density at radius 2 is 1.79 bits per heavy atom. The lowest BCUT2D eigenvalue weighted by Crippen LogP contribution is -2.36. The van der Waals surface area contributed by atoms with Gasteiger partial charge in [0.05, 0.1) is 17.8 Å². The number of nitrogens with zero attached hydrogens (tertiary/aromatic N) is 2. The second-order valence-corrected chi connectivity index (χ2v) is 8.34. The molecular formula is C21H15BrF6N4O. The van der Waals surface area contributed by atoms with E-state index in [0.717, 1.165) is 28.9 Å². The fraction of sp³-hybridized carbons (Fsp3) is 0.238. The molecule has 0 saturated carbocycles. The molecule has 3 aromatic rings. The summed E-state index contributed by atoms with van der Waals surface area (Å²) in [4.78, 5) is 12.8. The summed E-state index contributed by atoms with van der Waals surface area (Å²) in [6, 6.07) is 7.88. The highest BCUT2D eigenvalue weighted by Crippen LogP contribution is 2.44. The van der Waals surface area contributed by atoms with Crippen LogP contribution < -0.4 is 10.6 Å². The highest BCUT2D eigenvalue weighted by Gasteiger charge is 2.47. The van der Waals surface area contributed by atoms with Gasteiger partial charge in [-0.25, -0.2) is 4.68 Å². The van der Waals surface area contributed by atoms with Crippen LogP contribution in [0.1, 0.15) is 40.0 Å². The molecule has 0 bridgehead atoms. The first-order chi connectivity index (χ1) is 15.4. The number of anilines is 2. The molecule has 5 nitrogen and oxygen atoms in total. The SMILES string of the molecule is O=C(Nc1cccc(C(F)(F)F)c1)c1cnn2c1NC(c1ccc(Br)cc1)CC2C(F)(F)F. The van der Waals surface area contributed by atoms with E-state index in [4.69, 9.17) is 0 Å². The number of hydrogen-bond donors (Lipinski definition) is 2. The van der Waals surface area contributed by atoms with Crippen molar-refractivity contribution in [1.29, 1.82) is 0 Å². The third-order valence-corrected chi connectivity index (χ3v) is 5.73. The molecule has 4 rings (SSSR count). The van der Waals surface area contributed by atoms with Gasteiger partial charge in [0.25, 0.3) is 5.91 Å². The third-order valence-electron chi connectivity index (χ3n) is 5.20. The fourth-order valence-electron chi connectivity index (χ4n) is 3.61. The smallest absolute Gasteiger partial charge is 0.363 e. The number of nitrogens with one attached hydrogen (secondary N) is 2. The predicted molar refractivity (Wildman–Crippen MR) is 112 cm³/mol. The number of halogens is 7. The molecule has 0 radical (unpaired) electrons. The van der Waals surface area contributed by atoms with Crippen LogP contribution in [-0.2, 0) is 6.18 Å². The van der Waals surface area contributed by atoms with E-state index in [2.05, 4.69) is 31.7 Å². The zero-order chi connectivity index (χ0) is 24.0. The van der Waals surface area contributed by atoms with E-state index in [1.54, 1.807) is 24.3 Å². The molecule has 1 aliphatic heterocycles. The zero-order valence-corrected chi connectivity index (χ0v) is 18.1. The summed E-state index contributed by atoms with van der Waals surface area (Å²) in [5.41, 5.74) is -0.766. The molecule has 1 amide bonds. The first kappa shape index (κ1) is 23.1. The minimum atomic E-state index is -4.63. The highest BCUT2D eigenvalue weighted by atomic mass is 79.9. The molecule has 12 heteroatoms. The lowest BCUT2D eigenvalue weighted by atomic mass is 9.96. The average molecular weight is 533 g/mol. The largest absolute Gasteiger partial charge is 0.416 e. The topological polar surface area (TPSA) is 59.0 Å². The highest BCUT2D eigenvalue weighted by molar-refractivity contribution is 9.10. The van der Waals surface area contributed by atoms with E-state index in [0.29, 0.717) is 10.2 Å². The van der Waals surface area contributed by atoms with Crippen molar-refractivity contribution < 1.29 is 31.1 Å². The second kappa shape index (κ2) is 8.40. The van der Waals surface area contributed by atoms with Gasteiger partial charge in [0.2, 0.25) is 0 Å². The molecule has 0 spiro atoms. The molecule has 0 fully saturated rings. The van der Waals surface area contributed by atoms with Crippen LogP contribution >= 0.6 is 15.9 Å². The number of rotatable bonds is 3. The van der Waals surface area contributed by atoms with Crippen LogP contribution in [0.25, 0.3) is 0 Å². The van der Waals surface area contributed by atoms with Crippen molar-refractivity contribution in [3.8, 4) is 0 Å². The van der Waals surface area contributed by atoms with E-state index in [1.165, 1.54) is 6.07 Å². The van der Waals surface area contributed by atoms with Crippen molar-refractivity contribution in [1.82, 2.24) is 9.78 Å². The summed E-state index contributed by atoms with van der Waals surface area (Å²) >= 11 is 3.27. The van der Waals surface area contributed by atoms with Gasteiger partial charge in [0.15, 0.2) is 6.04 Å². The van der Waals surface area contributed by atoms with E-state index < -0.39 is 35.9 Å². The Kier molecular flexibility index (Phi) is 5.89. The van der Waals surface area contributed by atoms with Gasteiger partial charge in [-0.2, -0.15) is 31.4 Å². The molecule has 2 atom stereocenters. The normalized spacial score (nSPS) is 18.4. The van der Waals surface area contributed by atoms with Gasteiger partial charge in [-0.3, -0.25) is 4.79 Å². The average Bonchev–Trinajstić information content (AvgIpc) is 3.16. The Morgan fingerprint density at radius 3 is 2.42 bits per heavy atom. The predicted octanol–water partition coefficient (Wildman–Crippen LogP) is 6.58. The molecule has 0 saturated heterocycles. The first-order valence-corrected chi connectivity index (χ1v) is 10.4. The molecule has 33 heavy (non-hydrogen) atoms. The van der Waals surface area contributed by atoms with E-state index >= 15 is 0 Å². The van der Waals surface area contributed by atoms with Crippen LogP contribution in [0.5, 0.6) is 0 Å². The Labute approximate surface area is 191 Å². The standard InChI is InChI=1S/C21H15BrF6N4O/c22-13-6-4-11(5-7-13)16-9-17(21(26,27)28)32-18(31-16)15(10-29-32)19(33)30-14-3-1-2-12(8-14)20(23,24)25/h1-8,10,16-17,31H,9H2,(H,30,33). The van der Waals surface area contributed by atoms with E-state index in [1.807, 2.05) is 0 Å². The minimum Gasteiger partial charge on any atom is -0.363 e.